The first-order valence-electron chi connectivity index (χ1n) is 10.3. The third kappa shape index (κ3) is 5.47. The lowest BCUT2D eigenvalue weighted by Crippen LogP contribution is -2.41. The zero-order valence-corrected chi connectivity index (χ0v) is 18.3. The zero-order chi connectivity index (χ0) is 20.7. The van der Waals surface area contributed by atoms with Gasteiger partial charge in [-0.2, -0.15) is 0 Å². The Labute approximate surface area is 169 Å². The maximum absolute atomic E-state index is 13.1. The molecule has 0 bridgehead atoms. The van der Waals surface area contributed by atoms with Crippen LogP contribution in [0, 0.1) is 5.92 Å². The molecule has 0 saturated heterocycles. The second kappa shape index (κ2) is 10.3. The van der Waals surface area contributed by atoms with Gasteiger partial charge >= 0.3 is 0 Å². The van der Waals surface area contributed by atoms with Crippen LogP contribution in [0.5, 0.6) is 5.75 Å². The van der Waals surface area contributed by atoms with Gasteiger partial charge in [0.05, 0.1) is 7.11 Å². The molecule has 1 amide bonds. The summed E-state index contributed by atoms with van der Waals surface area (Å²) in [6.45, 7) is 7.34. The van der Waals surface area contributed by atoms with E-state index in [1.807, 2.05) is 6.92 Å². The van der Waals surface area contributed by atoms with Gasteiger partial charge in [-0.05, 0) is 50.3 Å². The van der Waals surface area contributed by atoms with E-state index in [4.69, 9.17) is 4.74 Å². The smallest absolute Gasteiger partial charge is 0.253 e. The van der Waals surface area contributed by atoms with Gasteiger partial charge in [0.15, 0.2) is 0 Å². The fraction of sp³-hybridized carbons (Fsp3) is 0.667. The molecule has 2 rings (SSSR count). The third-order valence-electron chi connectivity index (χ3n) is 5.57. The largest absolute Gasteiger partial charge is 0.495 e. The summed E-state index contributed by atoms with van der Waals surface area (Å²) in [7, 11) is -2.34. The van der Waals surface area contributed by atoms with Gasteiger partial charge in [-0.3, -0.25) is 4.79 Å². The lowest BCUT2D eigenvalue weighted by molar-refractivity contribution is 0.0762. The number of nitrogens with zero attached hydrogens (tertiary/aromatic N) is 1. The molecule has 1 N–H and O–H groups in total. The van der Waals surface area contributed by atoms with Crippen molar-refractivity contribution < 1.29 is 17.9 Å². The summed E-state index contributed by atoms with van der Waals surface area (Å²) in [6.07, 6.45) is 5.93. The number of ether oxygens (including phenoxy) is 1. The van der Waals surface area contributed by atoms with E-state index in [1.54, 1.807) is 17.0 Å². The second-order valence-corrected chi connectivity index (χ2v) is 9.28. The van der Waals surface area contributed by atoms with Crippen molar-refractivity contribution in [2.75, 3.05) is 20.2 Å². The summed E-state index contributed by atoms with van der Waals surface area (Å²) < 4.78 is 34.3. The number of hydrogen-bond acceptors (Lipinski definition) is 4. The Morgan fingerprint density at radius 1 is 1.25 bits per heavy atom. The summed E-state index contributed by atoms with van der Waals surface area (Å²) in [5.74, 6) is 0.397. The minimum atomic E-state index is -3.79. The summed E-state index contributed by atoms with van der Waals surface area (Å²) in [5, 5.41) is 0. The summed E-state index contributed by atoms with van der Waals surface area (Å²) >= 11 is 0. The summed E-state index contributed by atoms with van der Waals surface area (Å²) in [4.78, 5) is 14.7. The van der Waals surface area contributed by atoms with E-state index in [9.17, 15) is 13.2 Å². The highest BCUT2D eigenvalue weighted by Crippen LogP contribution is 2.29. The van der Waals surface area contributed by atoms with Crippen LogP contribution in [-0.2, 0) is 10.0 Å². The fourth-order valence-electron chi connectivity index (χ4n) is 3.71. The van der Waals surface area contributed by atoms with E-state index in [-0.39, 0.29) is 22.6 Å². The molecular formula is C21H34N2O4S. The molecule has 0 aromatic heterocycles. The van der Waals surface area contributed by atoms with Crippen molar-refractivity contribution in [3.8, 4) is 5.75 Å². The van der Waals surface area contributed by atoms with Crippen LogP contribution in [0.15, 0.2) is 23.1 Å². The van der Waals surface area contributed by atoms with Crippen LogP contribution in [0.3, 0.4) is 0 Å². The molecule has 0 radical (unpaired) electrons. The van der Waals surface area contributed by atoms with Crippen LogP contribution < -0.4 is 9.46 Å². The molecule has 2 atom stereocenters. The molecule has 1 fully saturated rings. The number of rotatable bonds is 9. The van der Waals surface area contributed by atoms with E-state index >= 15 is 0 Å². The molecule has 0 heterocycles. The second-order valence-electron chi connectivity index (χ2n) is 7.59. The first kappa shape index (κ1) is 22.7. The van der Waals surface area contributed by atoms with E-state index in [1.165, 1.54) is 13.2 Å². The fourth-order valence-corrected chi connectivity index (χ4v) is 5.28. The molecule has 1 aliphatic rings. The highest BCUT2D eigenvalue weighted by atomic mass is 32.2. The first-order valence-corrected chi connectivity index (χ1v) is 11.8. The number of amides is 1. The number of nitrogens with one attached hydrogen (secondary N) is 1. The molecule has 2 unspecified atom stereocenters. The molecule has 0 spiro atoms. The van der Waals surface area contributed by atoms with Crippen LogP contribution in [0.25, 0.3) is 0 Å². The lowest BCUT2D eigenvalue weighted by Gasteiger charge is -2.29. The third-order valence-corrected chi connectivity index (χ3v) is 7.08. The first-order chi connectivity index (χ1) is 13.3. The van der Waals surface area contributed by atoms with Gasteiger partial charge in [0, 0.05) is 24.7 Å². The molecule has 28 heavy (non-hydrogen) atoms. The molecule has 6 nitrogen and oxygen atoms in total. The molecule has 1 saturated carbocycles. The van der Waals surface area contributed by atoms with Gasteiger partial charge in [0.25, 0.3) is 5.91 Å². The van der Waals surface area contributed by atoms with Gasteiger partial charge in [-0.1, -0.05) is 33.1 Å². The zero-order valence-electron chi connectivity index (χ0n) is 17.5. The minimum Gasteiger partial charge on any atom is -0.495 e. The highest BCUT2D eigenvalue weighted by molar-refractivity contribution is 7.89. The maximum Gasteiger partial charge on any atom is 0.253 e. The van der Waals surface area contributed by atoms with Crippen LogP contribution >= 0.6 is 0 Å². The van der Waals surface area contributed by atoms with Crippen molar-refractivity contribution in [2.45, 2.75) is 70.2 Å². The predicted molar refractivity (Wildman–Crippen MR) is 111 cm³/mol. The number of unbranched alkanes of at least 4 members (excludes halogenated alkanes) is 1. The Balaban J connectivity index is 2.32. The quantitative estimate of drug-likeness (QED) is 0.672. The predicted octanol–water partition coefficient (Wildman–Crippen LogP) is 3.81. The molecule has 158 valence electrons. The van der Waals surface area contributed by atoms with E-state index < -0.39 is 10.0 Å². The summed E-state index contributed by atoms with van der Waals surface area (Å²) in [6, 6.07) is 4.57. The van der Waals surface area contributed by atoms with Gasteiger partial charge in [0.2, 0.25) is 10.0 Å². The molecular weight excluding hydrogens is 376 g/mol. The van der Waals surface area contributed by atoms with Crippen molar-refractivity contribution in [1.29, 1.82) is 0 Å². The van der Waals surface area contributed by atoms with Gasteiger partial charge < -0.3 is 9.64 Å². The number of methoxy groups -OCH3 is 1. The minimum absolute atomic E-state index is 0.0326. The lowest BCUT2D eigenvalue weighted by atomic mass is 9.87. The summed E-state index contributed by atoms with van der Waals surface area (Å²) in [5.41, 5.74) is 0.371. The van der Waals surface area contributed by atoms with E-state index in [2.05, 4.69) is 18.6 Å². The molecule has 1 aromatic carbocycles. The van der Waals surface area contributed by atoms with E-state index in [0.29, 0.717) is 24.6 Å². The average molecular weight is 411 g/mol. The van der Waals surface area contributed by atoms with Gasteiger partial charge in [0.1, 0.15) is 10.6 Å². The SMILES string of the molecule is CCCCN(CC)C(=O)c1ccc(OC)c(S(=O)(=O)NC2CCCCC2C)c1. The van der Waals surface area contributed by atoms with Crippen LogP contribution in [0.1, 0.15) is 69.7 Å². The number of sulfonamides is 1. The monoisotopic (exact) mass is 410 g/mol. The Kier molecular flexibility index (Phi) is 8.31. The number of benzene rings is 1. The number of carbonyl (C=O) groups excluding carboxylic acids is 1. The van der Waals surface area contributed by atoms with E-state index in [0.717, 1.165) is 38.5 Å². The standard InChI is InChI=1S/C21H34N2O4S/c1-5-7-14-23(6-2)21(24)17-12-13-19(27-4)20(15-17)28(25,26)22-18-11-9-8-10-16(18)3/h12-13,15-16,18,22H,5-11,14H2,1-4H3. The number of hydrogen-bond donors (Lipinski definition) is 1. The van der Waals surface area contributed by atoms with Gasteiger partial charge in [-0.15, -0.1) is 0 Å². The Bertz CT molecular complexity index is 764. The Hall–Kier alpha value is -1.60. The highest BCUT2D eigenvalue weighted by Gasteiger charge is 2.29. The van der Waals surface area contributed by atoms with Crippen molar-refractivity contribution >= 4 is 15.9 Å². The van der Waals surface area contributed by atoms with Crippen molar-refractivity contribution in [1.82, 2.24) is 9.62 Å². The Morgan fingerprint density at radius 3 is 2.57 bits per heavy atom. The van der Waals surface area contributed by atoms with Crippen LogP contribution in [-0.4, -0.2) is 45.5 Å². The van der Waals surface area contributed by atoms with Gasteiger partial charge in [-0.25, -0.2) is 13.1 Å². The normalized spacial score (nSPS) is 20.0. The number of carbonyl (C=O) groups is 1. The van der Waals surface area contributed by atoms with Crippen LogP contribution in [0.2, 0.25) is 0 Å². The topological polar surface area (TPSA) is 75.7 Å². The molecule has 0 aliphatic heterocycles. The Morgan fingerprint density at radius 2 is 1.96 bits per heavy atom. The van der Waals surface area contributed by atoms with Crippen LogP contribution in [0.4, 0.5) is 0 Å². The molecule has 1 aromatic rings. The molecule has 1 aliphatic carbocycles. The maximum atomic E-state index is 13.1. The average Bonchev–Trinajstić information content (AvgIpc) is 2.69. The van der Waals surface area contributed by atoms with Crippen molar-refractivity contribution in [3.05, 3.63) is 23.8 Å². The molecule has 7 heteroatoms. The van der Waals surface area contributed by atoms with Crippen molar-refractivity contribution in [3.63, 3.8) is 0 Å². The van der Waals surface area contributed by atoms with Crippen molar-refractivity contribution in [2.24, 2.45) is 5.92 Å².